The van der Waals surface area contributed by atoms with Gasteiger partial charge in [-0.2, -0.15) is 0 Å². The number of nitrogens with one attached hydrogen (secondary N) is 3. The second-order valence-corrected chi connectivity index (χ2v) is 8.04. The van der Waals surface area contributed by atoms with Crippen molar-refractivity contribution >= 4 is 23.5 Å². The fourth-order valence-corrected chi connectivity index (χ4v) is 4.78. The van der Waals surface area contributed by atoms with Crippen molar-refractivity contribution in [3.05, 3.63) is 24.3 Å². The topological polar surface area (TPSA) is 65.6 Å². The Morgan fingerprint density at radius 1 is 1.32 bits per heavy atom. The molecule has 2 amide bonds. The lowest BCUT2D eigenvalue weighted by Crippen LogP contribution is -2.40. The Balaban J connectivity index is 1.69. The summed E-state index contributed by atoms with van der Waals surface area (Å²) in [5, 5.41) is 3.52. The van der Waals surface area contributed by atoms with Gasteiger partial charge in [0.2, 0.25) is 0 Å². The predicted molar refractivity (Wildman–Crippen MR) is 102 cm³/mol. The molecule has 0 aromatic heterocycles. The van der Waals surface area contributed by atoms with Crippen molar-refractivity contribution in [2.75, 3.05) is 25.6 Å². The summed E-state index contributed by atoms with van der Waals surface area (Å²) >= 11 is 1.81. The number of para-hydroxylation sites is 1. The number of urea groups is 1. The largest absolute Gasteiger partial charge is 0.383 e. The van der Waals surface area contributed by atoms with E-state index in [-0.39, 0.29) is 12.1 Å². The highest BCUT2D eigenvalue weighted by Gasteiger charge is 2.32. The van der Waals surface area contributed by atoms with Crippen molar-refractivity contribution in [2.45, 2.75) is 55.0 Å². The van der Waals surface area contributed by atoms with Crippen LogP contribution in [0.15, 0.2) is 29.2 Å². The molecule has 0 aliphatic carbocycles. The zero-order valence-corrected chi connectivity index (χ0v) is 15.9. The number of hydrogen-bond donors (Lipinski definition) is 3. The zero-order chi connectivity index (χ0) is 17.8. The molecule has 0 saturated carbocycles. The van der Waals surface area contributed by atoms with Crippen molar-refractivity contribution in [1.82, 2.24) is 15.8 Å². The van der Waals surface area contributed by atoms with Gasteiger partial charge in [0.05, 0.1) is 18.3 Å². The van der Waals surface area contributed by atoms with Crippen molar-refractivity contribution < 1.29 is 9.53 Å². The average molecular weight is 365 g/mol. The lowest BCUT2D eigenvalue weighted by molar-refractivity contribution is 0.128. The molecule has 2 aliphatic heterocycles. The molecule has 3 atom stereocenters. The van der Waals surface area contributed by atoms with Gasteiger partial charge in [0.1, 0.15) is 0 Å². The normalized spacial score (nSPS) is 29.2. The van der Waals surface area contributed by atoms with Crippen LogP contribution in [-0.4, -0.2) is 54.6 Å². The molecule has 0 spiro atoms. The first-order chi connectivity index (χ1) is 12.1. The van der Waals surface area contributed by atoms with Gasteiger partial charge in [0.25, 0.3) is 0 Å². The quantitative estimate of drug-likeness (QED) is 0.750. The molecule has 0 radical (unpaired) electrons. The molecule has 2 heterocycles. The summed E-state index contributed by atoms with van der Waals surface area (Å²) in [6, 6.07) is 8.92. The third kappa shape index (κ3) is 4.28. The first-order valence-electron chi connectivity index (χ1n) is 8.93. The summed E-state index contributed by atoms with van der Waals surface area (Å²) in [6.45, 7) is 5.74. The molecule has 7 heteroatoms. The number of carbonyl (C=O) groups is 1. The number of nitrogens with zero attached hydrogens (tertiary/aromatic N) is 1. The van der Waals surface area contributed by atoms with Crippen LogP contribution in [0, 0.1) is 0 Å². The summed E-state index contributed by atoms with van der Waals surface area (Å²) in [7, 11) is 1.69. The Bertz CT molecular complexity index is 590. The number of thioether (sulfide) groups is 1. The van der Waals surface area contributed by atoms with Crippen LogP contribution in [0.2, 0.25) is 0 Å². The third-order valence-electron chi connectivity index (χ3n) is 4.91. The first kappa shape index (κ1) is 18.5. The van der Waals surface area contributed by atoms with Gasteiger partial charge in [-0.05, 0) is 38.8 Å². The van der Waals surface area contributed by atoms with E-state index in [1.54, 1.807) is 18.9 Å². The molecule has 0 bridgehead atoms. The molecule has 2 saturated heterocycles. The van der Waals surface area contributed by atoms with E-state index in [0.717, 1.165) is 30.0 Å². The van der Waals surface area contributed by atoms with E-state index in [4.69, 9.17) is 4.74 Å². The lowest BCUT2D eigenvalue weighted by Gasteiger charge is -2.25. The van der Waals surface area contributed by atoms with Crippen LogP contribution in [-0.2, 0) is 4.74 Å². The van der Waals surface area contributed by atoms with Crippen LogP contribution in [0.3, 0.4) is 0 Å². The van der Waals surface area contributed by atoms with E-state index < -0.39 is 0 Å². The second kappa shape index (κ2) is 8.40. The molecule has 138 valence electrons. The summed E-state index contributed by atoms with van der Waals surface area (Å²) < 4.78 is 5.25. The van der Waals surface area contributed by atoms with Gasteiger partial charge in [0.15, 0.2) is 0 Å². The molecule has 3 N–H and O–H groups in total. The Hall–Kier alpha value is -1.28. The number of amides is 2. The minimum absolute atomic E-state index is 0.0311. The number of carbonyl (C=O) groups excluding carboxylic acids is 1. The van der Waals surface area contributed by atoms with Crippen molar-refractivity contribution in [2.24, 2.45) is 0 Å². The highest BCUT2D eigenvalue weighted by molar-refractivity contribution is 8.00. The van der Waals surface area contributed by atoms with Crippen LogP contribution < -0.4 is 16.2 Å². The SMILES string of the molecule is COC[C@@H]1CCCN1C(=O)Nc1ccccc1SC1C(C)NNC1C. The molecule has 1 aromatic rings. The van der Waals surface area contributed by atoms with Crippen LogP contribution in [0.4, 0.5) is 10.5 Å². The first-order valence-corrected chi connectivity index (χ1v) is 9.81. The number of anilines is 1. The molecule has 6 nitrogen and oxygen atoms in total. The maximum atomic E-state index is 12.7. The van der Waals surface area contributed by atoms with Crippen LogP contribution >= 0.6 is 11.8 Å². The van der Waals surface area contributed by atoms with E-state index in [1.165, 1.54) is 0 Å². The van der Waals surface area contributed by atoms with Gasteiger partial charge in [-0.15, -0.1) is 11.8 Å². The highest BCUT2D eigenvalue weighted by atomic mass is 32.2. The molecular formula is C18H28N4O2S. The maximum absolute atomic E-state index is 12.7. The van der Waals surface area contributed by atoms with Gasteiger partial charge in [0, 0.05) is 35.9 Å². The molecule has 2 aliphatic rings. The number of hydrogen-bond acceptors (Lipinski definition) is 5. The molecule has 2 fully saturated rings. The molecule has 3 rings (SSSR count). The predicted octanol–water partition coefficient (Wildman–Crippen LogP) is 2.67. The fraction of sp³-hybridized carbons (Fsp3) is 0.611. The Morgan fingerprint density at radius 2 is 2.04 bits per heavy atom. The zero-order valence-electron chi connectivity index (χ0n) is 15.1. The Labute approximate surface area is 154 Å². The van der Waals surface area contributed by atoms with E-state index >= 15 is 0 Å². The number of hydrazine groups is 1. The van der Waals surface area contributed by atoms with Crippen LogP contribution in [0.25, 0.3) is 0 Å². The minimum atomic E-state index is -0.0311. The van der Waals surface area contributed by atoms with E-state index in [1.807, 2.05) is 23.1 Å². The van der Waals surface area contributed by atoms with Gasteiger partial charge in [-0.1, -0.05) is 12.1 Å². The maximum Gasteiger partial charge on any atom is 0.322 e. The number of ether oxygens (including phenoxy) is 1. The van der Waals surface area contributed by atoms with Crippen LogP contribution in [0.1, 0.15) is 26.7 Å². The molecule has 2 unspecified atom stereocenters. The summed E-state index contributed by atoms with van der Waals surface area (Å²) in [5.41, 5.74) is 7.45. The number of likely N-dealkylation sites (tertiary alicyclic amines) is 1. The summed E-state index contributed by atoms with van der Waals surface area (Å²) in [4.78, 5) is 15.7. The molecule has 1 aromatic carbocycles. The Morgan fingerprint density at radius 3 is 2.76 bits per heavy atom. The molecular weight excluding hydrogens is 336 g/mol. The lowest BCUT2D eigenvalue weighted by atomic mass is 10.2. The number of rotatable bonds is 5. The third-order valence-corrected chi connectivity index (χ3v) is 6.61. The summed E-state index contributed by atoms with van der Waals surface area (Å²) in [6.07, 6.45) is 2.04. The van der Waals surface area contributed by atoms with E-state index in [9.17, 15) is 4.79 Å². The fourth-order valence-electron chi connectivity index (χ4n) is 3.54. The summed E-state index contributed by atoms with van der Waals surface area (Å²) in [5.74, 6) is 0. The average Bonchev–Trinajstić information content (AvgIpc) is 3.18. The van der Waals surface area contributed by atoms with Crippen molar-refractivity contribution in [1.29, 1.82) is 0 Å². The molecule has 25 heavy (non-hydrogen) atoms. The highest BCUT2D eigenvalue weighted by Crippen LogP contribution is 2.35. The minimum Gasteiger partial charge on any atom is -0.383 e. The Kier molecular flexibility index (Phi) is 6.22. The van der Waals surface area contributed by atoms with E-state index in [2.05, 4.69) is 36.1 Å². The van der Waals surface area contributed by atoms with Gasteiger partial charge in [-0.3, -0.25) is 10.9 Å². The van der Waals surface area contributed by atoms with Crippen LogP contribution in [0.5, 0.6) is 0 Å². The van der Waals surface area contributed by atoms with Gasteiger partial charge >= 0.3 is 6.03 Å². The van der Waals surface area contributed by atoms with Gasteiger partial charge < -0.3 is 15.0 Å². The monoisotopic (exact) mass is 364 g/mol. The second-order valence-electron chi connectivity index (χ2n) is 6.82. The van der Waals surface area contributed by atoms with Crippen molar-refractivity contribution in [3.63, 3.8) is 0 Å². The smallest absolute Gasteiger partial charge is 0.322 e. The number of methoxy groups -OCH3 is 1. The van der Waals surface area contributed by atoms with Crippen molar-refractivity contribution in [3.8, 4) is 0 Å². The standard InChI is InChI=1S/C18H28N4O2S/c1-12-17(13(2)21-20-12)25-16-9-5-4-8-15(16)19-18(23)22-10-6-7-14(22)11-24-3/h4-5,8-9,12-14,17,20-21H,6-7,10-11H2,1-3H3,(H,19,23)/t12?,13?,14-,17?/m0/s1. The van der Waals surface area contributed by atoms with Gasteiger partial charge in [-0.25, -0.2) is 4.79 Å². The van der Waals surface area contributed by atoms with E-state index in [0.29, 0.717) is 23.9 Å². The number of benzene rings is 1.